The molecule has 6 heteroatoms. The molecule has 0 unspecified atom stereocenters. The fraction of sp³-hybridized carbons (Fsp3) is 0.600. The third kappa shape index (κ3) is 3.90. The molecular weight excluding hydrogens is 204 g/mol. The number of rotatable bonds is 5. The summed E-state index contributed by atoms with van der Waals surface area (Å²) in [6.07, 6.45) is 5.89. The number of nitrogens with two attached hydrogens (primary N) is 1. The zero-order valence-electron chi connectivity index (χ0n) is 9.90. The van der Waals surface area contributed by atoms with Crippen molar-refractivity contribution >= 4 is 5.96 Å². The van der Waals surface area contributed by atoms with Gasteiger partial charge in [-0.15, -0.1) is 0 Å². The maximum atomic E-state index is 5.36. The molecule has 0 aliphatic carbocycles. The van der Waals surface area contributed by atoms with Gasteiger partial charge < -0.3 is 9.88 Å². The van der Waals surface area contributed by atoms with E-state index < -0.39 is 0 Å². The molecule has 0 bridgehead atoms. The highest BCUT2D eigenvalue weighted by Crippen LogP contribution is 1.95. The van der Waals surface area contributed by atoms with E-state index in [1.54, 1.807) is 6.20 Å². The lowest BCUT2D eigenvalue weighted by molar-refractivity contribution is 0.724. The largest absolute Gasteiger partial charge is 0.355 e. The summed E-state index contributed by atoms with van der Waals surface area (Å²) in [6.45, 7) is 3.53. The Morgan fingerprint density at radius 2 is 2.44 bits per heavy atom. The van der Waals surface area contributed by atoms with Crippen LogP contribution in [0.1, 0.15) is 25.6 Å². The van der Waals surface area contributed by atoms with Gasteiger partial charge in [-0.2, -0.15) is 0 Å². The first-order valence-electron chi connectivity index (χ1n) is 5.49. The second-order valence-corrected chi connectivity index (χ2v) is 3.54. The molecule has 0 saturated carbocycles. The topological polar surface area (TPSA) is 80.3 Å². The molecular formula is C10H20N6. The Morgan fingerprint density at radius 3 is 3.00 bits per heavy atom. The SMILES string of the molecule is CCCCNC(=NCc1nccn1C)NN. The predicted octanol–water partition coefficient (Wildman–Crippen LogP) is 0.129. The summed E-state index contributed by atoms with van der Waals surface area (Å²) in [7, 11) is 1.94. The second-order valence-electron chi connectivity index (χ2n) is 3.54. The molecule has 0 radical (unpaired) electrons. The molecule has 0 aliphatic heterocycles. The Balaban J connectivity index is 2.43. The number of hydrazine groups is 1. The molecule has 1 aromatic rings. The second kappa shape index (κ2) is 6.84. The zero-order chi connectivity index (χ0) is 11.8. The van der Waals surface area contributed by atoms with Crippen molar-refractivity contribution < 1.29 is 0 Å². The third-order valence-corrected chi connectivity index (χ3v) is 2.26. The van der Waals surface area contributed by atoms with E-state index in [0.29, 0.717) is 12.5 Å². The van der Waals surface area contributed by atoms with Crippen molar-refractivity contribution in [3.8, 4) is 0 Å². The monoisotopic (exact) mass is 224 g/mol. The molecule has 0 spiro atoms. The fourth-order valence-electron chi connectivity index (χ4n) is 1.23. The molecule has 1 aromatic heterocycles. The Labute approximate surface area is 95.9 Å². The summed E-state index contributed by atoms with van der Waals surface area (Å²) >= 11 is 0. The normalized spacial score (nSPS) is 11.6. The molecule has 0 aromatic carbocycles. The van der Waals surface area contributed by atoms with Crippen LogP contribution >= 0.6 is 0 Å². The number of aryl methyl sites for hydroxylation is 1. The molecule has 0 amide bonds. The highest BCUT2D eigenvalue weighted by Gasteiger charge is 1.99. The van der Waals surface area contributed by atoms with Crippen molar-refractivity contribution in [1.29, 1.82) is 0 Å². The van der Waals surface area contributed by atoms with Crippen LogP contribution in [0.2, 0.25) is 0 Å². The molecule has 90 valence electrons. The maximum Gasteiger partial charge on any atom is 0.206 e. The van der Waals surface area contributed by atoms with Crippen LogP contribution in [-0.4, -0.2) is 22.1 Å². The van der Waals surface area contributed by atoms with Crippen molar-refractivity contribution in [1.82, 2.24) is 20.3 Å². The Bertz CT molecular complexity index is 330. The van der Waals surface area contributed by atoms with Crippen molar-refractivity contribution in [3.63, 3.8) is 0 Å². The van der Waals surface area contributed by atoms with Gasteiger partial charge in [-0.25, -0.2) is 15.8 Å². The summed E-state index contributed by atoms with van der Waals surface area (Å²) in [5, 5.41) is 3.13. The summed E-state index contributed by atoms with van der Waals surface area (Å²) in [6, 6.07) is 0. The summed E-state index contributed by atoms with van der Waals surface area (Å²) in [5.74, 6) is 6.88. The van der Waals surface area contributed by atoms with Gasteiger partial charge in [-0.1, -0.05) is 13.3 Å². The molecule has 6 nitrogen and oxygen atoms in total. The number of nitrogens with one attached hydrogen (secondary N) is 2. The maximum absolute atomic E-state index is 5.36. The summed E-state index contributed by atoms with van der Waals surface area (Å²) in [4.78, 5) is 8.48. The standard InChI is InChI=1S/C10H20N6/c1-3-4-5-13-10(15-11)14-8-9-12-6-7-16(9)2/h6-7H,3-5,8,11H2,1-2H3,(H2,13,14,15). The van der Waals surface area contributed by atoms with E-state index in [4.69, 9.17) is 5.84 Å². The van der Waals surface area contributed by atoms with E-state index in [1.807, 2.05) is 17.8 Å². The van der Waals surface area contributed by atoms with Gasteiger partial charge in [0.05, 0.1) is 0 Å². The molecule has 0 saturated heterocycles. The first-order chi connectivity index (χ1) is 7.77. The van der Waals surface area contributed by atoms with Crippen LogP contribution in [0.15, 0.2) is 17.4 Å². The number of aromatic nitrogens is 2. The Morgan fingerprint density at radius 1 is 1.62 bits per heavy atom. The molecule has 1 heterocycles. The van der Waals surface area contributed by atoms with Crippen LogP contribution in [0.4, 0.5) is 0 Å². The number of nitrogens with zero attached hydrogens (tertiary/aromatic N) is 3. The van der Waals surface area contributed by atoms with Gasteiger partial charge in [0, 0.05) is 26.0 Å². The minimum Gasteiger partial charge on any atom is -0.355 e. The Kier molecular flexibility index (Phi) is 5.35. The Hall–Kier alpha value is -1.56. The molecule has 1 rings (SSSR count). The first-order valence-corrected chi connectivity index (χ1v) is 5.49. The average Bonchev–Trinajstić information content (AvgIpc) is 2.69. The average molecular weight is 224 g/mol. The molecule has 0 fully saturated rings. The van der Waals surface area contributed by atoms with E-state index in [9.17, 15) is 0 Å². The van der Waals surface area contributed by atoms with Crippen LogP contribution in [0, 0.1) is 0 Å². The van der Waals surface area contributed by atoms with Gasteiger partial charge >= 0.3 is 0 Å². The van der Waals surface area contributed by atoms with Crippen LogP contribution in [0.25, 0.3) is 0 Å². The van der Waals surface area contributed by atoms with Crippen LogP contribution in [-0.2, 0) is 13.6 Å². The van der Waals surface area contributed by atoms with Gasteiger partial charge in [0.15, 0.2) is 0 Å². The number of guanidine groups is 1. The minimum atomic E-state index is 0.516. The smallest absolute Gasteiger partial charge is 0.206 e. The minimum absolute atomic E-state index is 0.516. The lowest BCUT2D eigenvalue weighted by Gasteiger charge is -2.08. The zero-order valence-corrected chi connectivity index (χ0v) is 9.90. The number of unbranched alkanes of at least 4 members (excludes halogenated alkanes) is 1. The highest BCUT2D eigenvalue weighted by atomic mass is 15.3. The van der Waals surface area contributed by atoms with E-state index in [0.717, 1.165) is 25.2 Å². The fourth-order valence-corrected chi connectivity index (χ4v) is 1.23. The number of aliphatic imine (C=N–C) groups is 1. The summed E-state index contributed by atoms with van der Waals surface area (Å²) < 4.78 is 1.93. The lowest BCUT2D eigenvalue weighted by atomic mass is 10.3. The van der Waals surface area contributed by atoms with Gasteiger partial charge in [-0.05, 0) is 6.42 Å². The van der Waals surface area contributed by atoms with Crippen molar-refractivity contribution in [2.24, 2.45) is 17.9 Å². The molecule has 16 heavy (non-hydrogen) atoms. The van der Waals surface area contributed by atoms with Gasteiger partial charge in [0.2, 0.25) is 5.96 Å². The lowest BCUT2D eigenvalue weighted by Crippen LogP contribution is -2.42. The van der Waals surface area contributed by atoms with Crippen molar-refractivity contribution in [3.05, 3.63) is 18.2 Å². The van der Waals surface area contributed by atoms with Crippen LogP contribution in [0.5, 0.6) is 0 Å². The molecule has 0 aliphatic rings. The van der Waals surface area contributed by atoms with Crippen molar-refractivity contribution in [2.75, 3.05) is 6.54 Å². The van der Waals surface area contributed by atoms with Crippen LogP contribution in [0.3, 0.4) is 0 Å². The van der Waals surface area contributed by atoms with Crippen LogP contribution < -0.4 is 16.6 Å². The number of hydrogen-bond donors (Lipinski definition) is 3. The number of hydrogen-bond acceptors (Lipinski definition) is 3. The van der Waals surface area contributed by atoms with E-state index >= 15 is 0 Å². The first kappa shape index (κ1) is 12.5. The van der Waals surface area contributed by atoms with E-state index in [-0.39, 0.29) is 0 Å². The highest BCUT2D eigenvalue weighted by molar-refractivity contribution is 5.79. The number of imidazole rings is 1. The quantitative estimate of drug-likeness (QED) is 0.218. The third-order valence-electron chi connectivity index (χ3n) is 2.26. The van der Waals surface area contributed by atoms with Gasteiger partial charge in [0.1, 0.15) is 12.4 Å². The van der Waals surface area contributed by atoms with Gasteiger partial charge in [0.25, 0.3) is 0 Å². The van der Waals surface area contributed by atoms with Gasteiger partial charge in [-0.3, -0.25) is 5.43 Å². The molecule has 0 atom stereocenters. The predicted molar refractivity (Wildman–Crippen MR) is 64.6 cm³/mol. The summed E-state index contributed by atoms with van der Waals surface area (Å²) in [5.41, 5.74) is 2.54. The van der Waals surface area contributed by atoms with Crippen molar-refractivity contribution in [2.45, 2.75) is 26.3 Å². The van der Waals surface area contributed by atoms with E-state index in [1.165, 1.54) is 0 Å². The molecule has 4 N–H and O–H groups in total. The van der Waals surface area contributed by atoms with E-state index in [2.05, 4.69) is 27.6 Å².